The Kier molecular flexibility index (Phi) is 4.94. The highest BCUT2D eigenvalue weighted by Gasteiger charge is 2.26. The van der Waals surface area contributed by atoms with Gasteiger partial charge in [-0.25, -0.2) is 8.42 Å². The van der Waals surface area contributed by atoms with Gasteiger partial charge in [-0.15, -0.1) is 0 Å². The van der Waals surface area contributed by atoms with Crippen molar-refractivity contribution >= 4 is 42.8 Å². The smallest absolute Gasteiger partial charge is 0.322 e. The zero-order valence-electron chi connectivity index (χ0n) is 12.9. The second-order valence-electron chi connectivity index (χ2n) is 5.53. The molecular weight excluding hydrogens is 408 g/mol. The molecule has 6 nitrogen and oxygen atoms in total. The Morgan fingerprint density at radius 2 is 1.84 bits per heavy atom. The monoisotopic (exact) mass is 422 g/mol. The number of carboxylic acid groups (broad SMARTS) is 1. The maximum atomic E-state index is 12.5. The lowest BCUT2D eigenvalue weighted by molar-refractivity contribution is -0.138. The molecule has 0 amide bonds. The number of aromatic nitrogens is 1. The second-order valence-corrected chi connectivity index (χ2v) is 8.16. The number of para-hydroxylation sites is 1. The molecule has 25 heavy (non-hydrogen) atoms. The van der Waals surface area contributed by atoms with E-state index < -0.39 is 22.0 Å². The van der Waals surface area contributed by atoms with Gasteiger partial charge in [0.25, 0.3) is 0 Å². The molecular formula is C17H15BrN2O4S. The number of benzene rings is 2. The van der Waals surface area contributed by atoms with Crippen LogP contribution in [-0.2, 0) is 21.2 Å². The first kappa shape index (κ1) is 17.7. The zero-order chi connectivity index (χ0) is 18.0. The van der Waals surface area contributed by atoms with Crippen molar-refractivity contribution in [3.8, 4) is 0 Å². The molecule has 1 aromatic heterocycles. The summed E-state index contributed by atoms with van der Waals surface area (Å²) in [4.78, 5) is 14.7. The summed E-state index contributed by atoms with van der Waals surface area (Å²) < 4.78 is 27.9. The molecule has 0 aliphatic rings. The summed E-state index contributed by atoms with van der Waals surface area (Å²) in [5.41, 5.74) is 1.61. The quantitative estimate of drug-likeness (QED) is 0.568. The number of rotatable bonds is 6. The molecule has 8 heteroatoms. The molecule has 130 valence electrons. The summed E-state index contributed by atoms with van der Waals surface area (Å²) >= 11 is 3.24. The molecule has 1 heterocycles. The fourth-order valence-corrected chi connectivity index (χ4v) is 4.02. The van der Waals surface area contributed by atoms with E-state index in [1.807, 2.05) is 24.3 Å². The number of nitrogens with one attached hydrogen (secondary N) is 2. The van der Waals surface area contributed by atoms with E-state index in [1.54, 1.807) is 18.3 Å². The van der Waals surface area contributed by atoms with Gasteiger partial charge in [-0.05, 0) is 35.9 Å². The second kappa shape index (κ2) is 6.99. The van der Waals surface area contributed by atoms with Crippen LogP contribution in [0.1, 0.15) is 5.56 Å². The van der Waals surface area contributed by atoms with Crippen molar-refractivity contribution in [3.05, 3.63) is 64.8 Å². The number of hydrogen-bond donors (Lipinski definition) is 3. The first-order valence-corrected chi connectivity index (χ1v) is 9.70. The predicted molar refractivity (Wildman–Crippen MR) is 97.9 cm³/mol. The zero-order valence-corrected chi connectivity index (χ0v) is 15.3. The number of aromatic amines is 1. The summed E-state index contributed by atoms with van der Waals surface area (Å²) in [7, 11) is -3.94. The molecule has 0 fully saturated rings. The largest absolute Gasteiger partial charge is 0.480 e. The highest BCUT2D eigenvalue weighted by atomic mass is 79.9. The summed E-state index contributed by atoms with van der Waals surface area (Å²) in [6.45, 7) is 0. The van der Waals surface area contributed by atoms with Crippen LogP contribution in [0.25, 0.3) is 10.9 Å². The normalized spacial score (nSPS) is 13.0. The Bertz CT molecular complexity index is 1010. The van der Waals surface area contributed by atoms with Crippen LogP contribution in [0, 0.1) is 0 Å². The van der Waals surface area contributed by atoms with Crippen molar-refractivity contribution in [2.45, 2.75) is 17.4 Å². The first-order chi connectivity index (χ1) is 11.9. The summed E-state index contributed by atoms with van der Waals surface area (Å²) in [5.74, 6) is -1.23. The van der Waals surface area contributed by atoms with E-state index in [0.29, 0.717) is 0 Å². The van der Waals surface area contributed by atoms with E-state index >= 15 is 0 Å². The minimum absolute atomic E-state index is 0.0147. The molecule has 0 aliphatic carbocycles. The van der Waals surface area contributed by atoms with E-state index in [9.17, 15) is 18.3 Å². The first-order valence-electron chi connectivity index (χ1n) is 7.42. The molecule has 3 rings (SSSR count). The van der Waals surface area contributed by atoms with Gasteiger partial charge < -0.3 is 10.1 Å². The number of halogens is 1. The number of fused-ring (bicyclic) bond motifs is 1. The van der Waals surface area contributed by atoms with Gasteiger partial charge in [0.15, 0.2) is 0 Å². The van der Waals surface area contributed by atoms with Crippen molar-refractivity contribution in [2.24, 2.45) is 0 Å². The third-order valence-corrected chi connectivity index (χ3v) is 5.83. The third-order valence-electron chi connectivity index (χ3n) is 3.82. The van der Waals surface area contributed by atoms with Gasteiger partial charge in [-0.2, -0.15) is 4.72 Å². The standard InChI is InChI=1S/C17H15BrN2O4S/c18-12-5-7-13(8-6-12)25(23,24)20-16(17(21)22)9-11-10-19-15-4-2-1-3-14(11)15/h1-8,10,16,19-20H,9H2,(H,21,22)/t16-/m0/s1. The van der Waals surface area contributed by atoms with Gasteiger partial charge in [-0.3, -0.25) is 4.79 Å². The molecule has 2 aromatic carbocycles. The van der Waals surface area contributed by atoms with Gasteiger partial charge in [0.2, 0.25) is 10.0 Å². The number of hydrogen-bond acceptors (Lipinski definition) is 3. The van der Waals surface area contributed by atoms with Crippen LogP contribution in [0.3, 0.4) is 0 Å². The summed E-state index contributed by atoms with van der Waals surface area (Å²) in [5, 5.41) is 10.3. The molecule has 1 atom stereocenters. The van der Waals surface area contributed by atoms with E-state index in [0.717, 1.165) is 20.9 Å². The molecule has 0 unspecified atom stereocenters. The van der Waals surface area contributed by atoms with Crippen molar-refractivity contribution in [3.63, 3.8) is 0 Å². The van der Waals surface area contributed by atoms with Crippen LogP contribution in [0.4, 0.5) is 0 Å². The Morgan fingerprint density at radius 1 is 1.16 bits per heavy atom. The van der Waals surface area contributed by atoms with Crippen molar-refractivity contribution in [1.82, 2.24) is 9.71 Å². The topological polar surface area (TPSA) is 99.3 Å². The van der Waals surface area contributed by atoms with E-state index in [-0.39, 0.29) is 11.3 Å². The Hall–Kier alpha value is -2.16. The molecule has 0 radical (unpaired) electrons. The number of aliphatic carboxylic acids is 1. The Balaban J connectivity index is 1.86. The Morgan fingerprint density at radius 3 is 2.52 bits per heavy atom. The van der Waals surface area contributed by atoms with Crippen LogP contribution in [0.5, 0.6) is 0 Å². The number of carboxylic acids is 1. The van der Waals surface area contributed by atoms with Crippen molar-refractivity contribution in [2.75, 3.05) is 0 Å². The summed E-state index contributed by atoms with van der Waals surface area (Å²) in [6.07, 6.45) is 1.74. The lowest BCUT2D eigenvalue weighted by atomic mass is 10.1. The minimum Gasteiger partial charge on any atom is -0.480 e. The van der Waals surface area contributed by atoms with E-state index in [4.69, 9.17) is 0 Å². The molecule has 0 saturated heterocycles. The molecule has 3 N–H and O–H groups in total. The van der Waals surface area contributed by atoms with Crippen LogP contribution < -0.4 is 4.72 Å². The maximum absolute atomic E-state index is 12.5. The highest BCUT2D eigenvalue weighted by molar-refractivity contribution is 9.10. The molecule has 0 spiro atoms. The number of carbonyl (C=O) groups is 1. The van der Waals surface area contributed by atoms with Crippen LogP contribution in [0.15, 0.2) is 64.1 Å². The van der Waals surface area contributed by atoms with Gasteiger partial charge in [-0.1, -0.05) is 34.1 Å². The average Bonchev–Trinajstić information content (AvgIpc) is 2.97. The minimum atomic E-state index is -3.94. The van der Waals surface area contributed by atoms with Gasteiger partial charge >= 0.3 is 5.97 Å². The van der Waals surface area contributed by atoms with Crippen molar-refractivity contribution < 1.29 is 18.3 Å². The van der Waals surface area contributed by atoms with Crippen LogP contribution in [-0.4, -0.2) is 30.5 Å². The fraction of sp³-hybridized carbons (Fsp3) is 0.118. The molecule has 3 aromatic rings. The van der Waals surface area contributed by atoms with Gasteiger partial charge in [0.05, 0.1) is 4.90 Å². The van der Waals surface area contributed by atoms with Gasteiger partial charge in [0, 0.05) is 28.0 Å². The highest BCUT2D eigenvalue weighted by Crippen LogP contribution is 2.20. The van der Waals surface area contributed by atoms with E-state index in [1.165, 1.54) is 12.1 Å². The molecule has 0 saturated carbocycles. The lowest BCUT2D eigenvalue weighted by Crippen LogP contribution is -2.42. The summed E-state index contributed by atoms with van der Waals surface area (Å²) in [6, 6.07) is 12.2. The average molecular weight is 423 g/mol. The third kappa shape index (κ3) is 3.92. The molecule has 0 bridgehead atoms. The fourth-order valence-electron chi connectivity index (χ4n) is 2.57. The maximum Gasteiger partial charge on any atom is 0.322 e. The predicted octanol–water partition coefficient (Wildman–Crippen LogP) is 2.90. The van der Waals surface area contributed by atoms with Crippen LogP contribution in [0.2, 0.25) is 0 Å². The SMILES string of the molecule is O=C(O)[C@H](Cc1c[nH]c2ccccc12)NS(=O)(=O)c1ccc(Br)cc1. The van der Waals surface area contributed by atoms with E-state index in [2.05, 4.69) is 25.6 Å². The van der Waals surface area contributed by atoms with Gasteiger partial charge in [0.1, 0.15) is 6.04 Å². The lowest BCUT2D eigenvalue weighted by Gasteiger charge is -2.14. The van der Waals surface area contributed by atoms with Crippen molar-refractivity contribution in [1.29, 1.82) is 0 Å². The number of sulfonamides is 1. The van der Waals surface area contributed by atoms with Crippen LogP contribution >= 0.6 is 15.9 Å². The molecule has 0 aliphatic heterocycles. The Labute approximate surface area is 153 Å². The number of H-pyrrole nitrogens is 1.